The van der Waals surface area contributed by atoms with E-state index in [-0.39, 0.29) is 23.6 Å². The normalized spacial score (nSPS) is 10.4. The van der Waals surface area contributed by atoms with Crippen LogP contribution in [-0.4, -0.2) is 33.7 Å². The van der Waals surface area contributed by atoms with Crippen LogP contribution >= 0.6 is 23.8 Å². The van der Waals surface area contributed by atoms with Gasteiger partial charge in [-0.25, -0.2) is 0 Å². The van der Waals surface area contributed by atoms with Gasteiger partial charge >= 0.3 is 0 Å². The van der Waals surface area contributed by atoms with Crippen molar-refractivity contribution < 1.29 is 14.3 Å². The third kappa shape index (κ3) is 5.43. The molecule has 0 saturated carbocycles. The lowest BCUT2D eigenvalue weighted by atomic mass is 10.1. The number of ether oxygens (including phenoxy) is 1. The summed E-state index contributed by atoms with van der Waals surface area (Å²) in [5.41, 5.74) is 6.32. The van der Waals surface area contributed by atoms with Crippen molar-refractivity contribution in [1.82, 2.24) is 25.6 Å². The summed E-state index contributed by atoms with van der Waals surface area (Å²) in [5, 5.41) is 7.42. The summed E-state index contributed by atoms with van der Waals surface area (Å²) in [4.78, 5) is 24.3. The third-order valence-corrected chi connectivity index (χ3v) is 4.59. The molecule has 0 aliphatic rings. The maximum Gasteiger partial charge on any atom is 0.258 e. The van der Waals surface area contributed by atoms with E-state index in [9.17, 15) is 9.59 Å². The Balaban J connectivity index is 1.58. The molecule has 150 valence electrons. The first kappa shape index (κ1) is 20.6. The van der Waals surface area contributed by atoms with Crippen molar-refractivity contribution in [3.05, 3.63) is 63.9 Å². The minimum absolute atomic E-state index is 0.115. The second-order valence-corrected chi connectivity index (χ2v) is 6.89. The van der Waals surface area contributed by atoms with E-state index in [1.807, 2.05) is 0 Å². The number of methoxy groups -OCH3 is 1. The highest BCUT2D eigenvalue weighted by Crippen LogP contribution is 2.19. The Morgan fingerprint density at radius 3 is 2.41 bits per heavy atom. The topological polar surface area (TPSA) is 101 Å². The molecule has 0 aliphatic heterocycles. The first-order valence-corrected chi connectivity index (χ1v) is 9.36. The number of amides is 2. The van der Waals surface area contributed by atoms with E-state index in [4.69, 9.17) is 28.6 Å². The molecule has 0 unspecified atom stereocenters. The minimum Gasteiger partial charge on any atom is -0.497 e. The van der Waals surface area contributed by atoms with Crippen molar-refractivity contribution in [2.75, 3.05) is 7.11 Å². The van der Waals surface area contributed by atoms with Gasteiger partial charge in [0.25, 0.3) is 5.91 Å². The molecule has 0 saturated heterocycles. The Morgan fingerprint density at radius 1 is 1.10 bits per heavy atom. The van der Waals surface area contributed by atoms with Gasteiger partial charge in [-0.1, -0.05) is 23.7 Å². The van der Waals surface area contributed by atoms with Crippen LogP contribution in [0.1, 0.15) is 5.56 Å². The average molecular weight is 432 g/mol. The molecule has 0 spiro atoms. The molecule has 1 heterocycles. The fourth-order valence-corrected chi connectivity index (χ4v) is 2.90. The second-order valence-electron chi connectivity index (χ2n) is 6.07. The number of hydrogen-bond acceptors (Lipinski definition) is 5. The van der Waals surface area contributed by atoms with E-state index in [2.05, 4.69) is 21.0 Å². The average Bonchev–Trinajstić information content (AvgIpc) is 3.08. The van der Waals surface area contributed by atoms with E-state index < -0.39 is 5.91 Å². The molecule has 10 heteroatoms. The number of nitrogens with one attached hydrogen (secondary N) is 3. The van der Waals surface area contributed by atoms with Crippen molar-refractivity contribution >= 4 is 35.6 Å². The van der Waals surface area contributed by atoms with Gasteiger partial charge in [-0.2, -0.15) is 5.10 Å². The Morgan fingerprint density at radius 2 is 1.76 bits per heavy atom. The SMILES string of the molecule is COc1ccc(CC(=O)NNC(=O)Cn2c(-c3ccc(Cl)cc3)n[nH]c2=S)cc1. The highest BCUT2D eigenvalue weighted by molar-refractivity contribution is 7.71. The number of benzene rings is 2. The Kier molecular flexibility index (Phi) is 6.63. The van der Waals surface area contributed by atoms with Gasteiger partial charge in [0.15, 0.2) is 10.6 Å². The quantitative estimate of drug-likeness (QED) is 0.411. The summed E-state index contributed by atoms with van der Waals surface area (Å²) in [7, 11) is 1.57. The largest absolute Gasteiger partial charge is 0.497 e. The molecular formula is C19H18ClN5O3S. The summed E-state index contributed by atoms with van der Waals surface area (Å²) in [5.74, 6) is 0.403. The molecule has 0 atom stereocenters. The van der Waals surface area contributed by atoms with Crippen LogP contribution in [0.25, 0.3) is 11.4 Å². The molecule has 0 radical (unpaired) electrons. The molecule has 2 aromatic carbocycles. The maximum absolute atomic E-state index is 12.3. The molecule has 0 bridgehead atoms. The highest BCUT2D eigenvalue weighted by atomic mass is 35.5. The number of hydrazine groups is 1. The zero-order valence-electron chi connectivity index (χ0n) is 15.4. The zero-order valence-corrected chi connectivity index (χ0v) is 17.0. The monoisotopic (exact) mass is 431 g/mol. The fraction of sp³-hybridized carbons (Fsp3) is 0.158. The van der Waals surface area contributed by atoms with Crippen LogP contribution in [0.4, 0.5) is 0 Å². The molecule has 2 amide bonds. The van der Waals surface area contributed by atoms with Crippen LogP contribution in [0.15, 0.2) is 48.5 Å². The number of aromatic nitrogens is 3. The van der Waals surface area contributed by atoms with Gasteiger partial charge in [-0.15, -0.1) is 0 Å². The lowest BCUT2D eigenvalue weighted by molar-refractivity contribution is -0.128. The van der Waals surface area contributed by atoms with E-state index in [1.165, 1.54) is 4.57 Å². The van der Waals surface area contributed by atoms with Gasteiger partial charge in [-0.05, 0) is 54.2 Å². The molecular weight excluding hydrogens is 414 g/mol. The van der Waals surface area contributed by atoms with Crippen LogP contribution in [0.3, 0.4) is 0 Å². The van der Waals surface area contributed by atoms with Gasteiger partial charge in [0.1, 0.15) is 12.3 Å². The van der Waals surface area contributed by atoms with Gasteiger partial charge in [0, 0.05) is 10.6 Å². The summed E-state index contributed by atoms with van der Waals surface area (Å²) >= 11 is 11.1. The van der Waals surface area contributed by atoms with Crippen molar-refractivity contribution in [2.24, 2.45) is 0 Å². The number of carbonyl (C=O) groups excluding carboxylic acids is 2. The number of hydrogen-bond donors (Lipinski definition) is 3. The number of H-pyrrole nitrogens is 1. The lowest BCUT2D eigenvalue weighted by Crippen LogP contribution is -2.43. The van der Waals surface area contributed by atoms with Crippen molar-refractivity contribution in [3.8, 4) is 17.1 Å². The number of aromatic amines is 1. The van der Waals surface area contributed by atoms with E-state index in [1.54, 1.807) is 55.6 Å². The van der Waals surface area contributed by atoms with E-state index in [0.717, 1.165) is 11.1 Å². The molecule has 3 aromatic rings. The van der Waals surface area contributed by atoms with Gasteiger partial charge in [0.2, 0.25) is 5.91 Å². The summed E-state index contributed by atoms with van der Waals surface area (Å²) in [6.45, 7) is -0.115. The smallest absolute Gasteiger partial charge is 0.258 e. The molecule has 0 fully saturated rings. The van der Waals surface area contributed by atoms with Crippen LogP contribution in [0.2, 0.25) is 5.02 Å². The van der Waals surface area contributed by atoms with Crippen LogP contribution in [-0.2, 0) is 22.6 Å². The number of carbonyl (C=O) groups is 2. The number of halogens is 1. The molecule has 29 heavy (non-hydrogen) atoms. The summed E-state index contributed by atoms with van der Waals surface area (Å²) in [6.07, 6.45) is 0.117. The van der Waals surface area contributed by atoms with Crippen LogP contribution < -0.4 is 15.6 Å². The number of nitrogens with zero attached hydrogens (tertiary/aromatic N) is 2. The highest BCUT2D eigenvalue weighted by Gasteiger charge is 2.13. The van der Waals surface area contributed by atoms with Crippen molar-refractivity contribution in [1.29, 1.82) is 0 Å². The first-order valence-electron chi connectivity index (χ1n) is 8.58. The molecule has 8 nitrogen and oxygen atoms in total. The maximum atomic E-state index is 12.3. The van der Waals surface area contributed by atoms with Gasteiger partial charge in [0.05, 0.1) is 13.5 Å². The molecule has 1 aromatic heterocycles. The van der Waals surface area contributed by atoms with Crippen molar-refractivity contribution in [2.45, 2.75) is 13.0 Å². The second kappa shape index (κ2) is 9.35. The van der Waals surface area contributed by atoms with Crippen LogP contribution in [0.5, 0.6) is 5.75 Å². The molecule has 3 rings (SSSR count). The number of rotatable bonds is 6. The lowest BCUT2D eigenvalue weighted by Gasteiger charge is -2.10. The Labute approximate surface area is 176 Å². The predicted octanol–water partition coefficient (Wildman–Crippen LogP) is 2.66. The van der Waals surface area contributed by atoms with Gasteiger partial charge < -0.3 is 4.74 Å². The summed E-state index contributed by atoms with van der Waals surface area (Å²) in [6, 6.07) is 14.1. The Hall–Kier alpha value is -3.17. The van der Waals surface area contributed by atoms with Crippen molar-refractivity contribution in [3.63, 3.8) is 0 Å². The predicted molar refractivity (Wildman–Crippen MR) is 111 cm³/mol. The standard InChI is InChI=1S/C19H18ClN5O3S/c1-28-15-8-2-12(3-9-15)10-16(26)21-22-17(27)11-25-18(23-24-19(25)29)13-4-6-14(20)7-5-13/h2-9H,10-11H2,1H3,(H,21,26)(H,22,27)(H,24,29). The van der Waals surface area contributed by atoms with E-state index >= 15 is 0 Å². The third-order valence-electron chi connectivity index (χ3n) is 4.03. The summed E-state index contributed by atoms with van der Waals surface area (Å²) < 4.78 is 6.90. The zero-order chi connectivity index (χ0) is 20.8. The molecule has 3 N–H and O–H groups in total. The fourth-order valence-electron chi connectivity index (χ4n) is 2.58. The van der Waals surface area contributed by atoms with Crippen LogP contribution in [0, 0.1) is 4.77 Å². The molecule has 0 aliphatic carbocycles. The minimum atomic E-state index is -0.444. The Bertz CT molecular complexity index is 1060. The van der Waals surface area contributed by atoms with E-state index in [0.29, 0.717) is 16.6 Å². The first-order chi connectivity index (χ1) is 14.0. The van der Waals surface area contributed by atoms with Gasteiger partial charge in [-0.3, -0.25) is 30.1 Å².